The molecular formula is C17H25FN2O3. The van der Waals surface area contributed by atoms with Gasteiger partial charge in [0, 0.05) is 25.8 Å². The van der Waals surface area contributed by atoms with E-state index in [4.69, 9.17) is 4.74 Å². The SMILES string of the molecule is CCC(CNC(=O)N1CCCC(CO)C1)Oc1cccc(F)c1. The summed E-state index contributed by atoms with van der Waals surface area (Å²) >= 11 is 0. The van der Waals surface area contributed by atoms with E-state index in [1.165, 1.54) is 12.1 Å². The first-order valence-corrected chi connectivity index (χ1v) is 8.18. The first-order valence-electron chi connectivity index (χ1n) is 8.18. The minimum Gasteiger partial charge on any atom is -0.489 e. The van der Waals surface area contributed by atoms with E-state index in [1.54, 1.807) is 17.0 Å². The zero-order valence-electron chi connectivity index (χ0n) is 13.5. The van der Waals surface area contributed by atoms with Crippen molar-refractivity contribution in [3.63, 3.8) is 0 Å². The Morgan fingerprint density at radius 3 is 3.09 bits per heavy atom. The van der Waals surface area contributed by atoms with Gasteiger partial charge < -0.3 is 20.1 Å². The summed E-state index contributed by atoms with van der Waals surface area (Å²) < 4.78 is 18.9. The van der Waals surface area contributed by atoms with Gasteiger partial charge in [-0.15, -0.1) is 0 Å². The van der Waals surface area contributed by atoms with E-state index in [9.17, 15) is 14.3 Å². The highest BCUT2D eigenvalue weighted by atomic mass is 19.1. The number of halogens is 1. The molecule has 23 heavy (non-hydrogen) atoms. The minimum absolute atomic E-state index is 0.115. The molecule has 0 spiro atoms. The summed E-state index contributed by atoms with van der Waals surface area (Å²) in [5, 5.41) is 12.1. The van der Waals surface area contributed by atoms with E-state index in [2.05, 4.69) is 5.32 Å². The Kier molecular flexibility index (Phi) is 6.65. The summed E-state index contributed by atoms with van der Waals surface area (Å²) in [5.74, 6) is 0.286. The van der Waals surface area contributed by atoms with E-state index in [0.717, 1.165) is 12.8 Å². The molecular weight excluding hydrogens is 299 g/mol. The van der Waals surface area contributed by atoms with Crippen LogP contribution in [0.25, 0.3) is 0 Å². The Labute approximate surface area is 136 Å². The first-order chi connectivity index (χ1) is 11.1. The molecule has 1 heterocycles. The largest absolute Gasteiger partial charge is 0.489 e. The third-order valence-corrected chi connectivity index (χ3v) is 4.10. The molecule has 5 nitrogen and oxygen atoms in total. The zero-order valence-corrected chi connectivity index (χ0v) is 13.5. The molecule has 1 aromatic rings. The lowest BCUT2D eigenvalue weighted by atomic mass is 9.99. The highest BCUT2D eigenvalue weighted by molar-refractivity contribution is 5.74. The van der Waals surface area contributed by atoms with Crippen molar-refractivity contribution in [1.82, 2.24) is 10.2 Å². The average Bonchev–Trinajstić information content (AvgIpc) is 2.58. The molecule has 1 aliphatic heterocycles. The number of urea groups is 1. The van der Waals surface area contributed by atoms with Gasteiger partial charge in [-0.1, -0.05) is 13.0 Å². The van der Waals surface area contributed by atoms with Crippen LogP contribution in [-0.2, 0) is 0 Å². The number of likely N-dealkylation sites (tertiary alicyclic amines) is 1. The summed E-state index contributed by atoms with van der Waals surface area (Å²) in [5.41, 5.74) is 0. The van der Waals surface area contributed by atoms with Crippen LogP contribution in [0.15, 0.2) is 24.3 Å². The van der Waals surface area contributed by atoms with Crippen molar-refractivity contribution < 1.29 is 19.0 Å². The van der Waals surface area contributed by atoms with Gasteiger partial charge in [0.2, 0.25) is 0 Å². The van der Waals surface area contributed by atoms with E-state index >= 15 is 0 Å². The summed E-state index contributed by atoms with van der Waals surface area (Å²) in [6.07, 6.45) is 2.37. The number of aliphatic hydroxyl groups excluding tert-OH is 1. The smallest absolute Gasteiger partial charge is 0.317 e. The molecule has 1 saturated heterocycles. The fraction of sp³-hybridized carbons (Fsp3) is 0.588. The molecule has 0 aromatic heterocycles. The quantitative estimate of drug-likeness (QED) is 0.845. The molecule has 0 radical (unpaired) electrons. The van der Waals surface area contributed by atoms with Crippen molar-refractivity contribution in [2.75, 3.05) is 26.2 Å². The molecule has 0 bridgehead atoms. The second kappa shape index (κ2) is 8.72. The van der Waals surface area contributed by atoms with Crippen LogP contribution in [-0.4, -0.2) is 48.4 Å². The van der Waals surface area contributed by atoms with Crippen molar-refractivity contribution in [1.29, 1.82) is 0 Å². The van der Waals surface area contributed by atoms with Gasteiger partial charge in [-0.25, -0.2) is 9.18 Å². The Morgan fingerprint density at radius 1 is 1.57 bits per heavy atom. The number of amides is 2. The summed E-state index contributed by atoms with van der Waals surface area (Å²) in [6.45, 7) is 3.74. The summed E-state index contributed by atoms with van der Waals surface area (Å²) in [7, 11) is 0. The van der Waals surface area contributed by atoms with Crippen LogP contribution in [0.2, 0.25) is 0 Å². The fourth-order valence-corrected chi connectivity index (χ4v) is 2.71. The van der Waals surface area contributed by atoms with Gasteiger partial charge >= 0.3 is 6.03 Å². The maximum atomic E-state index is 13.2. The molecule has 1 aliphatic rings. The van der Waals surface area contributed by atoms with E-state index in [1.807, 2.05) is 6.92 Å². The molecule has 2 unspecified atom stereocenters. The molecule has 6 heteroatoms. The van der Waals surface area contributed by atoms with Crippen LogP contribution in [0, 0.1) is 11.7 Å². The molecule has 128 valence electrons. The van der Waals surface area contributed by atoms with Crippen LogP contribution in [0.1, 0.15) is 26.2 Å². The minimum atomic E-state index is -0.343. The predicted octanol–water partition coefficient (Wildman–Crippen LogP) is 2.40. The highest BCUT2D eigenvalue weighted by Crippen LogP contribution is 2.16. The Hall–Kier alpha value is -1.82. The number of hydrogen-bond donors (Lipinski definition) is 2. The summed E-state index contributed by atoms with van der Waals surface area (Å²) in [6, 6.07) is 5.86. The zero-order chi connectivity index (χ0) is 16.7. The second-order valence-corrected chi connectivity index (χ2v) is 5.93. The Balaban J connectivity index is 1.81. The average molecular weight is 324 g/mol. The number of nitrogens with zero attached hydrogens (tertiary/aromatic N) is 1. The van der Waals surface area contributed by atoms with Gasteiger partial charge in [-0.05, 0) is 37.3 Å². The van der Waals surface area contributed by atoms with Gasteiger partial charge in [0.25, 0.3) is 0 Å². The van der Waals surface area contributed by atoms with Crippen LogP contribution >= 0.6 is 0 Å². The number of carbonyl (C=O) groups excluding carboxylic acids is 1. The number of carbonyl (C=O) groups is 1. The van der Waals surface area contributed by atoms with Crippen molar-refractivity contribution >= 4 is 6.03 Å². The molecule has 2 N–H and O–H groups in total. The third-order valence-electron chi connectivity index (χ3n) is 4.10. The van der Waals surface area contributed by atoms with Gasteiger partial charge in [-0.2, -0.15) is 0 Å². The maximum absolute atomic E-state index is 13.2. The van der Waals surface area contributed by atoms with Gasteiger partial charge in [-0.3, -0.25) is 0 Å². The molecule has 2 amide bonds. The lowest BCUT2D eigenvalue weighted by Crippen LogP contribution is -2.48. The molecule has 2 rings (SSSR count). The van der Waals surface area contributed by atoms with E-state index in [0.29, 0.717) is 31.8 Å². The monoisotopic (exact) mass is 324 g/mol. The number of hydrogen-bond acceptors (Lipinski definition) is 3. The Bertz CT molecular complexity index is 512. The van der Waals surface area contributed by atoms with E-state index < -0.39 is 0 Å². The lowest BCUT2D eigenvalue weighted by Gasteiger charge is -2.32. The molecule has 0 aliphatic carbocycles. The number of ether oxygens (including phenoxy) is 1. The van der Waals surface area contributed by atoms with Crippen LogP contribution in [0.4, 0.5) is 9.18 Å². The third kappa shape index (κ3) is 5.39. The fourth-order valence-electron chi connectivity index (χ4n) is 2.71. The van der Waals surface area contributed by atoms with Crippen LogP contribution < -0.4 is 10.1 Å². The number of rotatable bonds is 6. The molecule has 1 fully saturated rings. The number of aliphatic hydroxyl groups is 1. The highest BCUT2D eigenvalue weighted by Gasteiger charge is 2.23. The number of nitrogens with one attached hydrogen (secondary N) is 1. The Morgan fingerprint density at radius 2 is 2.39 bits per heavy atom. The standard InChI is InChI=1S/C17H25FN2O3/c1-2-15(23-16-7-3-6-14(18)9-16)10-19-17(22)20-8-4-5-13(11-20)12-21/h3,6-7,9,13,15,21H,2,4-5,8,10-12H2,1H3,(H,19,22). The lowest BCUT2D eigenvalue weighted by molar-refractivity contribution is 0.125. The van der Waals surface area contributed by atoms with Crippen molar-refractivity contribution in [3.05, 3.63) is 30.1 Å². The first kappa shape index (κ1) is 17.5. The van der Waals surface area contributed by atoms with Crippen LogP contribution in [0.3, 0.4) is 0 Å². The van der Waals surface area contributed by atoms with Crippen molar-refractivity contribution in [2.24, 2.45) is 5.92 Å². The topological polar surface area (TPSA) is 61.8 Å². The molecule has 2 atom stereocenters. The predicted molar refractivity (Wildman–Crippen MR) is 85.9 cm³/mol. The van der Waals surface area contributed by atoms with Crippen LogP contribution in [0.5, 0.6) is 5.75 Å². The molecule has 0 saturated carbocycles. The summed E-state index contributed by atoms with van der Waals surface area (Å²) in [4.78, 5) is 13.9. The maximum Gasteiger partial charge on any atom is 0.317 e. The van der Waals surface area contributed by atoms with Crippen molar-refractivity contribution in [2.45, 2.75) is 32.3 Å². The van der Waals surface area contributed by atoms with Gasteiger partial charge in [0.05, 0.1) is 6.54 Å². The normalized spacial score (nSPS) is 19.3. The second-order valence-electron chi connectivity index (χ2n) is 5.93. The molecule has 1 aromatic carbocycles. The van der Waals surface area contributed by atoms with Crippen molar-refractivity contribution in [3.8, 4) is 5.75 Å². The van der Waals surface area contributed by atoms with E-state index in [-0.39, 0.29) is 30.5 Å². The van der Waals surface area contributed by atoms with Gasteiger partial charge in [0.15, 0.2) is 0 Å². The van der Waals surface area contributed by atoms with Gasteiger partial charge in [0.1, 0.15) is 17.7 Å². The number of benzene rings is 1. The number of piperidine rings is 1.